The van der Waals surface area contributed by atoms with Gasteiger partial charge in [0.05, 0.1) is 0 Å². The number of rotatable bonds is 9. The lowest BCUT2D eigenvalue weighted by Gasteiger charge is -2.14. The molecule has 3 heterocycles. The SMILES string of the molecule is Cc1cc(OCCN(C)C)ccc1NC1=C(C(=O)OC=O)C(=O)C(=Cc2c[nH]c3ncccc23)O1. The number of esters is 1. The minimum Gasteiger partial charge on any atom is -0.492 e. The van der Waals surface area contributed by atoms with E-state index in [1.807, 2.05) is 38.1 Å². The normalized spacial score (nSPS) is 14.5. The van der Waals surface area contributed by atoms with Crippen LogP contribution in [0.5, 0.6) is 5.75 Å². The van der Waals surface area contributed by atoms with Crippen LogP contribution in [0.4, 0.5) is 5.69 Å². The molecule has 0 fully saturated rings. The standard InChI is InChI=1S/C25H24N4O6/c1-15-11-17(33-10-9-29(2)3)6-7-19(15)28-24-21(25(32)34-14-30)22(31)20(35-24)12-16-13-27-23-18(16)5-4-8-26-23/h4-8,11-14,28H,9-10H2,1-3H3,(H,26,27). The molecule has 0 radical (unpaired) electrons. The van der Waals surface area contributed by atoms with E-state index in [9.17, 15) is 14.4 Å². The number of hydrogen-bond donors (Lipinski definition) is 2. The molecule has 2 aromatic heterocycles. The molecule has 180 valence electrons. The number of pyridine rings is 1. The zero-order valence-electron chi connectivity index (χ0n) is 19.5. The van der Waals surface area contributed by atoms with Crippen LogP contribution in [0.3, 0.4) is 0 Å². The van der Waals surface area contributed by atoms with Crippen molar-refractivity contribution in [3.8, 4) is 5.75 Å². The third kappa shape index (κ3) is 5.22. The van der Waals surface area contributed by atoms with Gasteiger partial charge < -0.3 is 29.4 Å². The quantitative estimate of drug-likeness (QED) is 0.158. The van der Waals surface area contributed by atoms with Gasteiger partial charge in [0.2, 0.25) is 11.7 Å². The van der Waals surface area contributed by atoms with E-state index in [2.05, 4.69) is 20.0 Å². The van der Waals surface area contributed by atoms with Gasteiger partial charge in [-0.2, -0.15) is 0 Å². The molecule has 10 nitrogen and oxygen atoms in total. The Morgan fingerprint density at radius 1 is 1.29 bits per heavy atom. The van der Waals surface area contributed by atoms with E-state index in [0.717, 1.165) is 17.5 Å². The third-order valence-electron chi connectivity index (χ3n) is 5.27. The minimum absolute atomic E-state index is 0.0294. The van der Waals surface area contributed by atoms with E-state index >= 15 is 0 Å². The molecule has 0 atom stereocenters. The molecule has 0 bridgehead atoms. The molecule has 35 heavy (non-hydrogen) atoms. The maximum atomic E-state index is 13.0. The first-order chi connectivity index (χ1) is 16.9. The lowest BCUT2D eigenvalue weighted by atomic mass is 10.1. The fraction of sp³-hybridized carbons (Fsp3) is 0.200. The Balaban J connectivity index is 1.61. The Morgan fingerprint density at radius 3 is 2.86 bits per heavy atom. The van der Waals surface area contributed by atoms with Gasteiger partial charge in [0, 0.05) is 35.6 Å². The predicted octanol–water partition coefficient (Wildman–Crippen LogP) is 2.78. The maximum Gasteiger partial charge on any atom is 0.355 e. The predicted molar refractivity (Wildman–Crippen MR) is 128 cm³/mol. The molecule has 0 unspecified atom stereocenters. The maximum absolute atomic E-state index is 13.0. The molecule has 3 aromatic rings. The zero-order valence-corrected chi connectivity index (χ0v) is 19.5. The first-order valence-electron chi connectivity index (χ1n) is 10.8. The molecule has 1 aromatic carbocycles. The van der Waals surface area contributed by atoms with Gasteiger partial charge in [-0.1, -0.05) is 0 Å². The summed E-state index contributed by atoms with van der Waals surface area (Å²) >= 11 is 0. The summed E-state index contributed by atoms with van der Waals surface area (Å²) in [7, 11) is 3.92. The van der Waals surface area contributed by atoms with E-state index in [0.29, 0.717) is 29.3 Å². The number of aromatic amines is 1. The molecule has 10 heteroatoms. The topological polar surface area (TPSA) is 123 Å². The number of allylic oxidation sites excluding steroid dienone is 1. The number of nitrogens with zero attached hydrogens (tertiary/aromatic N) is 2. The van der Waals surface area contributed by atoms with Crippen LogP contribution in [0.2, 0.25) is 0 Å². The van der Waals surface area contributed by atoms with E-state index in [4.69, 9.17) is 9.47 Å². The Hall–Kier alpha value is -4.44. The molecule has 0 amide bonds. The van der Waals surface area contributed by atoms with E-state index in [-0.39, 0.29) is 18.1 Å². The fourth-order valence-electron chi connectivity index (χ4n) is 3.48. The number of ketones is 1. The number of anilines is 1. The summed E-state index contributed by atoms with van der Waals surface area (Å²) in [6, 6.07) is 8.95. The van der Waals surface area contributed by atoms with Crippen LogP contribution in [-0.2, 0) is 23.9 Å². The number of ether oxygens (including phenoxy) is 3. The number of aromatic nitrogens is 2. The highest BCUT2D eigenvalue weighted by molar-refractivity contribution is 6.27. The third-order valence-corrected chi connectivity index (χ3v) is 5.27. The van der Waals surface area contributed by atoms with Crippen LogP contribution in [0.1, 0.15) is 11.1 Å². The highest BCUT2D eigenvalue weighted by Crippen LogP contribution is 2.31. The van der Waals surface area contributed by atoms with Crippen LogP contribution in [0.15, 0.2) is 59.9 Å². The number of aryl methyl sites for hydroxylation is 1. The smallest absolute Gasteiger partial charge is 0.355 e. The summed E-state index contributed by atoms with van der Waals surface area (Å²) in [5.41, 5.74) is 2.25. The highest BCUT2D eigenvalue weighted by Gasteiger charge is 2.37. The van der Waals surface area contributed by atoms with Crippen molar-refractivity contribution < 1.29 is 28.6 Å². The number of H-pyrrole nitrogens is 1. The van der Waals surface area contributed by atoms with Gasteiger partial charge in [-0.25, -0.2) is 9.78 Å². The molecule has 0 saturated heterocycles. The monoisotopic (exact) mass is 476 g/mol. The number of Topliss-reactive ketones (excluding diaryl/α,β-unsaturated/α-hetero) is 1. The number of likely N-dealkylation sites (N-methyl/N-ethyl adjacent to an activating group) is 1. The van der Waals surface area contributed by atoms with E-state index in [1.54, 1.807) is 30.6 Å². The van der Waals surface area contributed by atoms with Crippen LogP contribution < -0.4 is 10.1 Å². The number of carbonyl (C=O) groups is 3. The molecule has 2 N–H and O–H groups in total. The average Bonchev–Trinajstić information content (AvgIpc) is 3.36. The summed E-state index contributed by atoms with van der Waals surface area (Å²) in [6.07, 6.45) is 4.82. The van der Waals surface area contributed by atoms with Gasteiger partial charge in [0.15, 0.2) is 11.3 Å². The second kappa shape index (κ2) is 10.2. The van der Waals surface area contributed by atoms with Crippen molar-refractivity contribution in [2.45, 2.75) is 6.92 Å². The highest BCUT2D eigenvalue weighted by atomic mass is 16.6. The summed E-state index contributed by atoms with van der Waals surface area (Å²) in [4.78, 5) is 45.5. The van der Waals surface area contributed by atoms with Crippen molar-refractivity contribution in [1.82, 2.24) is 14.9 Å². The van der Waals surface area contributed by atoms with Crippen LogP contribution >= 0.6 is 0 Å². The fourth-order valence-corrected chi connectivity index (χ4v) is 3.48. The van der Waals surface area contributed by atoms with Crippen molar-refractivity contribution in [1.29, 1.82) is 0 Å². The molecule has 4 rings (SSSR count). The number of benzene rings is 1. The lowest BCUT2D eigenvalue weighted by Crippen LogP contribution is -2.19. The summed E-state index contributed by atoms with van der Waals surface area (Å²) < 4.78 is 15.9. The van der Waals surface area contributed by atoms with Gasteiger partial charge in [0.1, 0.15) is 18.0 Å². The van der Waals surface area contributed by atoms with Crippen LogP contribution in [0, 0.1) is 6.92 Å². The Morgan fingerprint density at radius 2 is 2.11 bits per heavy atom. The number of nitrogens with one attached hydrogen (secondary N) is 2. The molecule has 1 aliphatic rings. The van der Waals surface area contributed by atoms with Gasteiger partial charge >= 0.3 is 12.4 Å². The second-order valence-corrected chi connectivity index (χ2v) is 8.04. The Kier molecular flexibility index (Phi) is 6.93. The van der Waals surface area contributed by atoms with Gasteiger partial charge in [-0.15, -0.1) is 0 Å². The first-order valence-corrected chi connectivity index (χ1v) is 10.8. The van der Waals surface area contributed by atoms with Crippen LogP contribution in [0.25, 0.3) is 17.1 Å². The molecule has 0 aliphatic carbocycles. The Bertz CT molecular complexity index is 1350. The van der Waals surface area contributed by atoms with Crippen molar-refractivity contribution in [3.05, 3.63) is 71.1 Å². The summed E-state index contributed by atoms with van der Waals surface area (Å²) in [5.74, 6) is -1.37. The Labute approximate surface area is 201 Å². The second-order valence-electron chi connectivity index (χ2n) is 8.04. The molecular formula is C25H24N4O6. The van der Waals surface area contributed by atoms with Gasteiger partial charge in [0.25, 0.3) is 0 Å². The van der Waals surface area contributed by atoms with Crippen molar-refractivity contribution in [3.63, 3.8) is 0 Å². The summed E-state index contributed by atoms with van der Waals surface area (Å²) in [5, 5.41) is 3.75. The number of fused-ring (bicyclic) bond motifs is 1. The minimum atomic E-state index is -1.11. The molecular weight excluding hydrogens is 452 g/mol. The number of hydrogen-bond acceptors (Lipinski definition) is 9. The number of carbonyl (C=O) groups excluding carboxylic acids is 3. The van der Waals surface area contributed by atoms with Crippen molar-refractivity contribution in [2.75, 3.05) is 32.6 Å². The van der Waals surface area contributed by atoms with E-state index in [1.165, 1.54) is 6.08 Å². The van der Waals surface area contributed by atoms with Crippen molar-refractivity contribution in [2.24, 2.45) is 0 Å². The zero-order chi connectivity index (χ0) is 24.9. The van der Waals surface area contributed by atoms with Gasteiger partial charge in [-0.3, -0.25) is 9.59 Å². The lowest BCUT2D eigenvalue weighted by molar-refractivity contribution is -0.148. The van der Waals surface area contributed by atoms with Crippen LogP contribution in [-0.4, -0.2) is 60.3 Å². The van der Waals surface area contributed by atoms with Crippen molar-refractivity contribution >= 4 is 41.0 Å². The average molecular weight is 476 g/mol. The first kappa shape index (κ1) is 23.7. The molecule has 0 spiro atoms. The largest absolute Gasteiger partial charge is 0.492 e. The molecule has 0 saturated carbocycles. The van der Waals surface area contributed by atoms with E-state index < -0.39 is 17.3 Å². The summed E-state index contributed by atoms with van der Waals surface area (Å²) in [6.45, 7) is 3.11. The van der Waals surface area contributed by atoms with Gasteiger partial charge in [-0.05, 0) is 63.0 Å². The molecule has 1 aliphatic heterocycles.